The zero-order valence-corrected chi connectivity index (χ0v) is 23.0. The van der Waals surface area contributed by atoms with Gasteiger partial charge in [-0.25, -0.2) is 0 Å². The molecule has 0 spiro atoms. The number of rotatable bonds is 14. The number of methoxy groups -OCH3 is 1. The lowest BCUT2D eigenvalue weighted by atomic mass is 10.1. The van der Waals surface area contributed by atoms with Crippen LogP contribution in [0, 0.1) is 0 Å². The maximum absolute atomic E-state index is 12.6. The monoisotopic (exact) mass is 561 g/mol. The van der Waals surface area contributed by atoms with Crippen molar-refractivity contribution in [2.24, 2.45) is 0 Å². The predicted molar refractivity (Wildman–Crippen MR) is 154 cm³/mol. The number of ether oxygens (including phenoxy) is 4. The van der Waals surface area contributed by atoms with Gasteiger partial charge in [0.25, 0.3) is 5.91 Å². The third-order valence-corrected chi connectivity index (χ3v) is 6.50. The molecule has 0 aliphatic rings. The fourth-order valence-corrected chi connectivity index (χ4v) is 4.23. The standard InChI is InChI=1S/C32H32ClNO6/c1-37-22-40-28-17-14-25(29(33)31(28)39-21-24-10-6-3-7-11-24)18-19-34-32(36)30(35)26-12-15-27(16-13-26)38-20-23-8-4-2-5-9-23/h2-17,30,35H,18-22H2,1H3,(H,34,36). The number of nitrogens with one attached hydrogen (secondary N) is 1. The van der Waals surface area contributed by atoms with Crippen LogP contribution in [-0.2, 0) is 29.2 Å². The summed E-state index contributed by atoms with van der Waals surface area (Å²) in [5, 5.41) is 13.7. The Morgan fingerprint density at radius 2 is 1.45 bits per heavy atom. The van der Waals surface area contributed by atoms with Crippen molar-refractivity contribution in [1.82, 2.24) is 5.32 Å². The number of hydrogen-bond donors (Lipinski definition) is 2. The average molecular weight is 562 g/mol. The van der Waals surface area contributed by atoms with Gasteiger partial charge in [-0.05, 0) is 46.9 Å². The molecule has 7 nitrogen and oxygen atoms in total. The lowest BCUT2D eigenvalue weighted by Crippen LogP contribution is -2.31. The molecule has 0 aliphatic carbocycles. The van der Waals surface area contributed by atoms with Crippen molar-refractivity contribution in [2.75, 3.05) is 20.4 Å². The van der Waals surface area contributed by atoms with E-state index in [1.807, 2.05) is 66.7 Å². The Morgan fingerprint density at radius 3 is 2.08 bits per heavy atom. The Morgan fingerprint density at radius 1 is 0.825 bits per heavy atom. The Kier molecular flexibility index (Phi) is 10.8. The molecular weight excluding hydrogens is 530 g/mol. The van der Waals surface area contributed by atoms with E-state index in [2.05, 4.69) is 5.32 Å². The van der Waals surface area contributed by atoms with E-state index in [1.165, 1.54) is 7.11 Å². The van der Waals surface area contributed by atoms with E-state index in [9.17, 15) is 9.90 Å². The summed E-state index contributed by atoms with van der Waals surface area (Å²) in [6, 6.07) is 30.0. The van der Waals surface area contributed by atoms with E-state index < -0.39 is 12.0 Å². The van der Waals surface area contributed by atoms with Crippen molar-refractivity contribution in [3.8, 4) is 17.2 Å². The van der Waals surface area contributed by atoms with E-state index in [0.717, 1.165) is 16.7 Å². The lowest BCUT2D eigenvalue weighted by molar-refractivity contribution is -0.129. The van der Waals surface area contributed by atoms with Crippen molar-refractivity contribution in [3.63, 3.8) is 0 Å². The van der Waals surface area contributed by atoms with Crippen molar-refractivity contribution in [2.45, 2.75) is 25.7 Å². The van der Waals surface area contributed by atoms with E-state index in [4.69, 9.17) is 30.5 Å². The van der Waals surface area contributed by atoms with E-state index in [1.54, 1.807) is 30.3 Å². The number of benzene rings is 4. The topological polar surface area (TPSA) is 86.3 Å². The number of carbonyl (C=O) groups is 1. The molecule has 4 aromatic carbocycles. The highest BCUT2D eigenvalue weighted by atomic mass is 35.5. The summed E-state index contributed by atoms with van der Waals surface area (Å²) in [4.78, 5) is 12.6. The first-order valence-corrected chi connectivity index (χ1v) is 13.2. The first-order valence-electron chi connectivity index (χ1n) is 12.9. The Balaban J connectivity index is 1.32. The Hall–Kier alpha value is -4.04. The molecule has 0 saturated carbocycles. The predicted octanol–water partition coefficient (Wildman–Crippen LogP) is 5.87. The zero-order chi connectivity index (χ0) is 28.2. The number of carbonyl (C=O) groups excluding carboxylic acids is 1. The quantitative estimate of drug-likeness (QED) is 0.187. The summed E-state index contributed by atoms with van der Waals surface area (Å²) in [6.07, 6.45) is -0.885. The van der Waals surface area contributed by atoms with Gasteiger partial charge in [-0.15, -0.1) is 0 Å². The van der Waals surface area contributed by atoms with Crippen LogP contribution in [0.5, 0.6) is 17.2 Å². The second-order valence-corrected chi connectivity index (χ2v) is 9.36. The van der Waals surface area contributed by atoms with Crippen molar-refractivity contribution >= 4 is 17.5 Å². The first kappa shape index (κ1) is 29.0. The minimum atomic E-state index is -1.31. The van der Waals surface area contributed by atoms with E-state index in [0.29, 0.717) is 47.5 Å². The van der Waals surface area contributed by atoms with Gasteiger partial charge in [-0.1, -0.05) is 90.5 Å². The molecule has 0 heterocycles. The molecule has 4 aromatic rings. The van der Waals surface area contributed by atoms with Crippen molar-refractivity contribution in [1.29, 1.82) is 0 Å². The molecule has 0 bridgehead atoms. The third-order valence-electron chi connectivity index (χ3n) is 6.09. The Bertz CT molecular complexity index is 1350. The van der Waals surface area contributed by atoms with Gasteiger partial charge in [-0.2, -0.15) is 0 Å². The number of halogens is 1. The number of amides is 1. The Labute approximate surface area is 239 Å². The first-order chi connectivity index (χ1) is 19.5. The molecule has 1 atom stereocenters. The molecular formula is C32H32ClNO6. The fourth-order valence-electron chi connectivity index (χ4n) is 3.93. The molecule has 8 heteroatoms. The van der Waals surface area contributed by atoms with Crippen LogP contribution in [0.15, 0.2) is 97.1 Å². The molecule has 208 valence electrons. The number of hydrogen-bond acceptors (Lipinski definition) is 6. The van der Waals surface area contributed by atoms with Crippen LogP contribution in [0.4, 0.5) is 0 Å². The maximum atomic E-state index is 12.6. The van der Waals surface area contributed by atoms with Gasteiger partial charge in [0.05, 0.1) is 5.02 Å². The summed E-state index contributed by atoms with van der Waals surface area (Å²) in [5.74, 6) is 1.01. The van der Waals surface area contributed by atoms with Crippen LogP contribution in [0.25, 0.3) is 0 Å². The average Bonchev–Trinajstić information content (AvgIpc) is 3.00. The number of aliphatic hydroxyl groups excluding tert-OH is 1. The van der Waals surface area contributed by atoms with Gasteiger partial charge in [0.1, 0.15) is 19.0 Å². The summed E-state index contributed by atoms with van der Waals surface area (Å²) >= 11 is 6.69. The zero-order valence-electron chi connectivity index (χ0n) is 22.2. The smallest absolute Gasteiger partial charge is 0.253 e. The molecule has 0 aromatic heterocycles. The van der Waals surface area contributed by atoms with E-state index in [-0.39, 0.29) is 13.3 Å². The lowest BCUT2D eigenvalue weighted by Gasteiger charge is -2.17. The molecule has 2 N–H and O–H groups in total. The molecule has 1 amide bonds. The highest BCUT2D eigenvalue weighted by molar-refractivity contribution is 6.33. The summed E-state index contributed by atoms with van der Waals surface area (Å²) in [6.45, 7) is 1.06. The third kappa shape index (κ3) is 8.23. The maximum Gasteiger partial charge on any atom is 0.253 e. The fraction of sp³-hybridized carbons (Fsp3) is 0.219. The van der Waals surface area contributed by atoms with Crippen LogP contribution < -0.4 is 19.5 Å². The van der Waals surface area contributed by atoms with Gasteiger partial charge >= 0.3 is 0 Å². The second-order valence-electron chi connectivity index (χ2n) is 8.98. The van der Waals surface area contributed by atoms with Gasteiger partial charge in [0.15, 0.2) is 24.4 Å². The van der Waals surface area contributed by atoms with Gasteiger partial charge < -0.3 is 29.4 Å². The summed E-state index contributed by atoms with van der Waals surface area (Å²) in [5.41, 5.74) is 3.28. The molecule has 40 heavy (non-hydrogen) atoms. The van der Waals surface area contributed by atoms with Crippen LogP contribution in [0.1, 0.15) is 28.4 Å². The van der Waals surface area contributed by atoms with E-state index >= 15 is 0 Å². The van der Waals surface area contributed by atoms with Crippen LogP contribution >= 0.6 is 11.6 Å². The number of aliphatic hydroxyl groups is 1. The van der Waals surface area contributed by atoms with Crippen molar-refractivity contribution < 1.29 is 28.8 Å². The van der Waals surface area contributed by atoms with Gasteiger partial charge in [-0.3, -0.25) is 4.79 Å². The molecule has 4 rings (SSSR count). The molecule has 0 radical (unpaired) electrons. The summed E-state index contributed by atoms with van der Waals surface area (Å²) in [7, 11) is 1.53. The molecule has 0 aliphatic heterocycles. The largest absolute Gasteiger partial charge is 0.489 e. The van der Waals surface area contributed by atoms with Gasteiger partial charge in [0, 0.05) is 13.7 Å². The normalized spacial score (nSPS) is 11.5. The molecule has 1 unspecified atom stereocenters. The molecule has 0 fully saturated rings. The highest BCUT2D eigenvalue weighted by Gasteiger charge is 2.19. The molecule has 0 saturated heterocycles. The minimum Gasteiger partial charge on any atom is -0.489 e. The summed E-state index contributed by atoms with van der Waals surface area (Å²) < 4.78 is 22.4. The SMILES string of the molecule is COCOc1ccc(CCNC(=O)C(O)c2ccc(OCc3ccccc3)cc2)c(Cl)c1OCc1ccccc1. The van der Waals surface area contributed by atoms with Crippen LogP contribution in [0.3, 0.4) is 0 Å². The van der Waals surface area contributed by atoms with Crippen molar-refractivity contribution in [3.05, 3.63) is 124 Å². The van der Waals surface area contributed by atoms with Gasteiger partial charge in [0.2, 0.25) is 0 Å². The minimum absolute atomic E-state index is 0.0471. The highest BCUT2D eigenvalue weighted by Crippen LogP contribution is 2.38. The second kappa shape index (κ2) is 14.9. The van der Waals surface area contributed by atoms with Crippen LogP contribution in [-0.4, -0.2) is 31.5 Å². The van der Waals surface area contributed by atoms with Crippen LogP contribution in [0.2, 0.25) is 5.02 Å².